The highest BCUT2D eigenvalue weighted by Crippen LogP contribution is 2.36. The zero-order chi connectivity index (χ0) is 19.5. The first-order valence-electron chi connectivity index (χ1n) is 9.49. The topological polar surface area (TPSA) is 19.4 Å². The van der Waals surface area contributed by atoms with E-state index >= 15 is 0 Å². The normalized spacial score (nSPS) is 17.7. The monoisotopic (exact) mass is 411 g/mol. The fourth-order valence-electron chi connectivity index (χ4n) is 3.84. The highest BCUT2D eigenvalue weighted by molar-refractivity contribution is 6.33. The van der Waals surface area contributed by atoms with Crippen molar-refractivity contribution < 1.29 is 0 Å². The molecule has 1 aliphatic rings. The van der Waals surface area contributed by atoms with Crippen molar-refractivity contribution in [2.75, 3.05) is 24.5 Å². The van der Waals surface area contributed by atoms with Crippen molar-refractivity contribution in [3.05, 3.63) is 93.7 Å². The number of piperazine rings is 1. The summed E-state index contributed by atoms with van der Waals surface area (Å²) < 4.78 is 0. The molecule has 28 heavy (non-hydrogen) atoms. The summed E-state index contributed by atoms with van der Waals surface area (Å²) in [7, 11) is 0. The van der Waals surface area contributed by atoms with Gasteiger partial charge in [-0.2, -0.15) is 0 Å². The molecule has 0 spiro atoms. The SMILES string of the molecule is Cc1ccc(N2CCN(Cc3cccnc3)C[C@H]2c2ccc(Cl)cc2)c(Cl)c1. The lowest BCUT2D eigenvalue weighted by Crippen LogP contribution is -2.48. The molecule has 0 bridgehead atoms. The molecule has 2 aromatic carbocycles. The zero-order valence-corrected chi connectivity index (χ0v) is 17.4. The van der Waals surface area contributed by atoms with Gasteiger partial charge in [0.1, 0.15) is 0 Å². The van der Waals surface area contributed by atoms with E-state index in [1.807, 2.05) is 36.7 Å². The second kappa shape index (κ2) is 8.52. The number of aryl methyl sites for hydroxylation is 1. The van der Waals surface area contributed by atoms with Crippen LogP contribution < -0.4 is 4.90 Å². The second-order valence-electron chi connectivity index (χ2n) is 7.31. The van der Waals surface area contributed by atoms with Crippen LogP contribution in [-0.2, 0) is 6.54 Å². The van der Waals surface area contributed by atoms with E-state index < -0.39 is 0 Å². The molecule has 144 valence electrons. The number of anilines is 1. The van der Waals surface area contributed by atoms with Crippen LogP contribution in [0.4, 0.5) is 5.69 Å². The van der Waals surface area contributed by atoms with E-state index in [9.17, 15) is 0 Å². The van der Waals surface area contributed by atoms with Crippen LogP contribution in [0.5, 0.6) is 0 Å². The summed E-state index contributed by atoms with van der Waals surface area (Å²) in [5.41, 5.74) is 4.75. The fourth-order valence-corrected chi connectivity index (χ4v) is 4.31. The Morgan fingerprint density at radius 2 is 1.86 bits per heavy atom. The molecule has 0 radical (unpaired) electrons. The molecule has 4 rings (SSSR count). The largest absolute Gasteiger partial charge is 0.361 e. The van der Waals surface area contributed by atoms with E-state index in [2.05, 4.69) is 52.0 Å². The Balaban J connectivity index is 1.63. The molecule has 1 saturated heterocycles. The molecule has 5 heteroatoms. The summed E-state index contributed by atoms with van der Waals surface area (Å²) >= 11 is 12.8. The maximum atomic E-state index is 6.62. The number of benzene rings is 2. The molecule has 0 amide bonds. The summed E-state index contributed by atoms with van der Waals surface area (Å²) in [4.78, 5) is 9.15. The van der Waals surface area contributed by atoms with Gasteiger partial charge in [-0.05, 0) is 53.9 Å². The summed E-state index contributed by atoms with van der Waals surface area (Å²) in [5.74, 6) is 0. The summed E-state index contributed by atoms with van der Waals surface area (Å²) in [6.45, 7) is 5.77. The minimum atomic E-state index is 0.211. The Morgan fingerprint density at radius 1 is 1.04 bits per heavy atom. The van der Waals surface area contributed by atoms with Gasteiger partial charge in [-0.3, -0.25) is 9.88 Å². The summed E-state index contributed by atoms with van der Waals surface area (Å²) in [6, 6.07) is 18.8. The molecule has 0 unspecified atom stereocenters. The Labute approximate surface area is 176 Å². The van der Waals surface area contributed by atoms with Crippen LogP contribution in [0.3, 0.4) is 0 Å². The van der Waals surface area contributed by atoms with Crippen molar-refractivity contribution in [3.8, 4) is 0 Å². The number of hydrogen-bond acceptors (Lipinski definition) is 3. The highest BCUT2D eigenvalue weighted by atomic mass is 35.5. The lowest BCUT2D eigenvalue weighted by Gasteiger charge is -2.43. The molecule has 1 aliphatic heterocycles. The van der Waals surface area contributed by atoms with Crippen LogP contribution in [-0.4, -0.2) is 29.5 Å². The van der Waals surface area contributed by atoms with Crippen LogP contribution in [0.1, 0.15) is 22.7 Å². The van der Waals surface area contributed by atoms with Gasteiger partial charge in [-0.25, -0.2) is 0 Å². The quantitative estimate of drug-likeness (QED) is 0.543. The maximum absolute atomic E-state index is 6.62. The van der Waals surface area contributed by atoms with E-state index in [4.69, 9.17) is 23.2 Å². The first kappa shape index (κ1) is 19.3. The number of hydrogen-bond donors (Lipinski definition) is 0. The average molecular weight is 412 g/mol. The molecule has 3 nitrogen and oxygen atoms in total. The van der Waals surface area contributed by atoms with Gasteiger partial charge in [0.05, 0.1) is 16.8 Å². The van der Waals surface area contributed by atoms with Gasteiger partial charge in [0.2, 0.25) is 0 Å². The molecule has 0 N–H and O–H groups in total. The van der Waals surface area contributed by atoms with Crippen LogP contribution in [0.25, 0.3) is 0 Å². The third-order valence-electron chi connectivity index (χ3n) is 5.26. The third-order valence-corrected chi connectivity index (χ3v) is 5.82. The van der Waals surface area contributed by atoms with Crippen LogP contribution in [0.15, 0.2) is 67.0 Å². The summed E-state index contributed by atoms with van der Waals surface area (Å²) in [6.07, 6.45) is 3.76. The van der Waals surface area contributed by atoms with E-state index in [0.717, 1.165) is 41.9 Å². The maximum Gasteiger partial charge on any atom is 0.0670 e. The molecule has 0 saturated carbocycles. The van der Waals surface area contributed by atoms with Gasteiger partial charge in [-0.1, -0.05) is 47.5 Å². The number of aromatic nitrogens is 1. The minimum absolute atomic E-state index is 0.211. The standard InChI is InChI=1S/C23H23Cl2N3/c1-17-4-9-22(21(25)13-17)28-12-11-27(15-18-3-2-10-26-14-18)16-23(28)19-5-7-20(24)8-6-19/h2-10,13-14,23H,11-12,15-16H2,1H3/t23-/m0/s1. The minimum Gasteiger partial charge on any atom is -0.361 e. The first-order chi connectivity index (χ1) is 13.6. The second-order valence-corrected chi connectivity index (χ2v) is 8.16. The highest BCUT2D eigenvalue weighted by Gasteiger charge is 2.29. The van der Waals surface area contributed by atoms with E-state index in [1.165, 1.54) is 16.7 Å². The zero-order valence-electron chi connectivity index (χ0n) is 15.9. The van der Waals surface area contributed by atoms with Crippen molar-refractivity contribution in [2.24, 2.45) is 0 Å². The van der Waals surface area contributed by atoms with Gasteiger partial charge in [0.25, 0.3) is 0 Å². The Hall–Kier alpha value is -2.07. The van der Waals surface area contributed by atoms with Crippen molar-refractivity contribution in [1.82, 2.24) is 9.88 Å². The van der Waals surface area contributed by atoms with Gasteiger partial charge in [0, 0.05) is 43.6 Å². The van der Waals surface area contributed by atoms with Crippen molar-refractivity contribution in [1.29, 1.82) is 0 Å². The molecule has 2 heterocycles. The summed E-state index contributed by atoms with van der Waals surface area (Å²) in [5, 5.41) is 1.56. The van der Waals surface area contributed by atoms with Crippen LogP contribution in [0, 0.1) is 6.92 Å². The third kappa shape index (κ3) is 4.33. The molecule has 1 atom stereocenters. The van der Waals surface area contributed by atoms with E-state index in [-0.39, 0.29) is 6.04 Å². The van der Waals surface area contributed by atoms with Crippen LogP contribution >= 0.6 is 23.2 Å². The van der Waals surface area contributed by atoms with Crippen molar-refractivity contribution in [3.63, 3.8) is 0 Å². The molecule has 3 aromatic rings. The Morgan fingerprint density at radius 3 is 2.57 bits per heavy atom. The van der Waals surface area contributed by atoms with Crippen LogP contribution in [0.2, 0.25) is 10.0 Å². The fraction of sp³-hybridized carbons (Fsp3) is 0.261. The Kier molecular flexibility index (Phi) is 5.86. The molecule has 1 aromatic heterocycles. The number of pyridine rings is 1. The van der Waals surface area contributed by atoms with E-state index in [0.29, 0.717) is 0 Å². The van der Waals surface area contributed by atoms with Gasteiger partial charge in [0.15, 0.2) is 0 Å². The predicted octanol–water partition coefficient (Wildman–Crippen LogP) is 5.76. The lowest BCUT2D eigenvalue weighted by atomic mass is 10.0. The first-order valence-corrected chi connectivity index (χ1v) is 10.3. The van der Waals surface area contributed by atoms with Crippen molar-refractivity contribution in [2.45, 2.75) is 19.5 Å². The molecule has 0 aliphatic carbocycles. The number of halogens is 2. The number of nitrogens with zero attached hydrogens (tertiary/aromatic N) is 3. The predicted molar refractivity (Wildman–Crippen MR) is 117 cm³/mol. The lowest BCUT2D eigenvalue weighted by molar-refractivity contribution is 0.215. The molecular formula is C23H23Cl2N3. The number of rotatable bonds is 4. The average Bonchev–Trinajstić information content (AvgIpc) is 2.70. The van der Waals surface area contributed by atoms with Gasteiger partial charge in [-0.15, -0.1) is 0 Å². The molecule has 1 fully saturated rings. The van der Waals surface area contributed by atoms with Crippen molar-refractivity contribution >= 4 is 28.9 Å². The Bertz CT molecular complexity index is 928. The van der Waals surface area contributed by atoms with Gasteiger partial charge >= 0.3 is 0 Å². The molecular weight excluding hydrogens is 389 g/mol. The smallest absolute Gasteiger partial charge is 0.0670 e. The van der Waals surface area contributed by atoms with Gasteiger partial charge < -0.3 is 4.90 Å². The van der Waals surface area contributed by atoms with E-state index in [1.54, 1.807) is 0 Å².